The Morgan fingerprint density at radius 2 is 1.75 bits per heavy atom. The van der Waals surface area contributed by atoms with Crippen LogP contribution in [-0.4, -0.2) is 16.7 Å². The van der Waals surface area contributed by atoms with Crippen molar-refractivity contribution in [3.05, 3.63) is 80.8 Å². The van der Waals surface area contributed by atoms with E-state index in [-0.39, 0.29) is 28.7 Å². The summed E-state index contributed by atoms with van der Waals surface area (Å²) in [6, 6.07) is 10.6. The van der Waals surface area contributed by atoms with Gasteiger partial charge in [-0.2, -0.15) is 0 Å². The van der Waals surface area contributed by atoms with E-state index >= 15 is 0 Å². The Hall–Kier alpha value is -3.47. The molecule has 1 aliphatic carbocycles. The van der Waals surface area contributed by atoms with Crippen LogP contribution in [0.25, 0.3) is 12.2 Å². The van der Waals surface area contributed by atoms with Gasteiger partial charge < -0.3 is 10.4 Å². The first-order chi connectivity index (χ1) is 11.6. The van der Waals surface area contributed by atoms with Crippen LogP contribution < -0.4 is 15.9 Å². The molecule has 5 nitrogen and oxygen atoms in total. The molecular weight excluding hydrogens is 304 g/mol. The minimum Gasteiger partial charge on any atom is -0.508 e. The lowest BCUT2D eigenvalue weighted by Gasteiger charge is -2.00. The molecule has 0 atom stereocenters. The van der Waals surface area contributed by atoms with Crippen molar-refractivity contribution in [1.82, 2.24) is 0 Å². The SMILES string of the molecule is O=C1C(=C2N=c3c(ccc4c3=CC(O)=C4)C2=O)Nc2ccccc21. The standard InChI is InChI=1S/C19H10N2O3/c22-10-7-9-5-6-12-15(13(9)8-10)21-17(19(12)24)16-18(23)11-3-1-2-4-14(11)20-16/h1-8,20,22H. The van der Waals surface area contributed by atoms with Crippen molar-refractivity contribution >= 4 is 29.4 Å². The van der Waals surface area contributed by atoms with Gasteiger partial charge in [0.05, 0.1) is 10.9 Å². The van der Waals surface area contributed by atoms with Crippen LogP contribution in [0, 0.1) is 0 Å². The third kappa shape index (κ3) is 1.55. The zero-order chi connectivity index (χ0) is 16.4. The van der Waals surface area contributed by atoms with Crippen LogP contribution in [0.2, 0.25) is 0 Å². The molecule has 2 aromatic rings. The second-order valence-electron chi connectivity index (χ2n) is 5.84. The molecule has 0 amide bonds. The zero-order valence-corrected chi connectivity index (χ0v) is 12.3. The number of para-hydroxylation sites is 1. The summed E-state index contributed by atoms with van der Waals surface area (Å²) in [5.74, 6) is -0.382. The van der Waals surface area contributed by atoms with Gasteiger partial charge in [-0.15, -0.1) is 0 Å². The summed E-state index contributed by atoms with van der Waals surface area (Å²) in [4.78, 5) is 29.7. The van der Waals surface area contributed by atoms with Gasteiger partial charge in [0, 0.05) is 16.5 Å². The number of allylic oxidation sites excluding steroid dienone is 3. The van der Waals surface area contributed by atoms with Crippen molar-refractivity contribution in [1.29, 1.82) is 0 Å². The summed E-state index contributed by atoms with van der Waals surface area (Å²) < 4.78 is 0. The predicted octanol–water partition coefficient (Wildman–Crippen LogP) is 1.72. The second-order valence-corrected chi connectivity index (χ2v) is 5.84. The molecule has 2 N–H and O–H groups in total. The fourth-order valence-corrected chi connectivity index (χ4v) is 3.30. The van der Waals surface area contributed by atoms with Crippen LogP contribution in [0.4, 0.5) is 5.69 Å². The van der Waals surface area contributed by atoms with Gasteiger partial charge in [-0.3, -0.25) is 9.59 Å². The summed E-state index contributed by atoms with van der Waals surface area (Å²) in [5.41, 5.74) is 2.81. The van der Waals surface area contributed by atoms with Gasteiger partial charge in [-0.1, -0.05) is 18.2 Å². The number of aliphatic hydroxyl groups is 1. The largest absolute Gasteiger partial charge is 0.508 e. The highest BCUT2D eigenvalue weighted by molar-refractivity contribution is 6.24. The summed E-state index contributed by atoms with van der Waals surface area (Å²) in [7, 11) is 0. The number of anilines is 1. The number of nitrogens with one attached hydrogen (secondary N) is 1. The number of rotatable bonds is 0. The normalized spacial score (nSPS) is 19.9. The van der Waals surface area contributed by atoms with Crippen molar-refractivity contribution in [3.8, 4) is 0 Å². The molecular formula is C19H10N2O3. The molecule has 5 rings (SSSR count). The predicted molar refractivity (Wildman–Crippen MR) is 88.0 cm³/mol. The smallest absolute Gasteiger partial charge is 0.215 e. The van der Waals surface area contributed by atoms with E-state index in [1.165, 1.54) is 0 Å². The molecule has 0 unspecified atom stereocenters. The maximum atomic E-state index is 12.7. The van der Waals surface area contributed by atoms with Gasteiger partial charge in [0.2, 0.25) is 11.6 Å². The van der Waals surface area contributed by atoms with E-state index in [2.05, 4.69) is 10.3 Å². The highest BCUT2D eigenvalue weighted by Crippen LogP contribution is 2.31. The number of carbonyl (C=O) groups is 2. The van der Waals surface area contributed by atoms with Crippen LogP contribution in [0.5, 0.6) is 0 Å². The van der Waals surface area contributed by atoms with Crippen LogP contribution >= 0.6 is 0 Å². The summed E-state index contributed by atoms with van der Waals surface area (Å²) >= 11 is 0. The maximum Gasteiger partial charge on any atom is 0.215 e. The highest BCUT2D eigenvalue weighted by Gasteiger charge is 2.33. The Balaban J connectivity index is 1.75. The lowest BCUT2D eigenvalue weighted by Crippen LogP contribution is -2.28. The molecule has 0 aromatic heterocycles. The Bertz CT molecular complexity index is 1170. The van der Waals surface area contributed by atoms with Gasteiger partial charge >= 0.3 is 0 Å². The molecule has 0 spiro atoms. The molecule has 2 aliphatic heterocycles. The molecule has 24 heavy (non-hydrogen) atoms. The number of hydrogen-bond donors (Lipinski definition) is 2. The number of nitrogens with zero attached hydrogens (tertiary/aromatic N) is 1. The average molecular weight is 314 g/mol. The number of Topliss-reactive ketones (excluding diaryl/α,β-unsaturated/α-hetero) is 2. The number of aliphatic hydroxyl groups excluding tert-OH is 1. The molecule has 3 aliphatic rings. The summed E-state index contributed by atoms with van der Waals surface area (Å²) in [6.45, 7) is 0. The Labute approximate surface area is 136 Å². The van der Waals surface area contributed by atoms with E-state index in [0.29, 0.717) is 27.4 Å². The fraction of sp³-hybridized carbons (Fsp3) is 0. The Kier molecular flexibility index (Phi) is 2.33. The molecule has 0 saturated carbocycles. The van der Waals surface area contributed by atoms with E-state index in [4.69, 9.17) is 0 Å². The minimum absolute atomic E-state index is 0.124. The fourth-order valence-electron chi connectivity index (χ4n) is 3.30. The number of carbonyl (C=O) groups excluding carboxylic acids is 2. The average Bonchev–Trinajstić information content (AvgIpc) is 3.21. The first kappa shape index (κ1) is 13.0. The van der Waals surface area contributed by atoms with Crippen molar-refractivity contribution in [3.63, 3.8) is 0 Å². The highest BCUT2D eigenvalue weighted by atomic mass is 16.3. The second kappa shape index (κ2) is 4.29. The molecule has 0 radical (unpaired) electrons. The summed E-state index contributed by atoms with van der Waals surface area (Å²) in [6.07, 6.45) is 3.20. The number of ketones is 2. The van der Waals surface area contributed by atoms with E-state index in [1.54, 1.807) is 42.5 Å². The van der Waals surface area contributed by atoms with Crippen LogP contribution in [-0.2, 0) is 0 Å². The topological polar surface area (TPSA) is 78.8 Å². The molecule has 2 heterocycles. The third-order valence-corrected chi connectivity index (χ3v) is 4.42. The maximum absolute atomic E-state index is 12.7. The number of benzene rings is 2. The molecule has 0 bridgehead atoms. The monoisotopic (exact) mass is 314 g/mol. The number of fused-ring (bicyclic) bond motifs is 4. The van der Waals surface area contributed by atoms with Crippen LogP contribution in [0.1, 0.15) is 26.3 Å². The number of hydrogen-bond acceptors (Lipinski definition) is 5. The first-order valence-corrected chi connectivity index (χ1v) is 7.47. The van der Waals surface area contributed by atoms with E-state index in [1.807, 2.05) is 6.07 Å². The lowest BCUT2D eigenvalue weighted by atomic mass is 10.0. The minimum atomic E-state index is -0.281. The van der Waals surface area contributed by atoms with E-state index < -0.39 is 0 Å². The molecule has 0 saturated heterocycles. The van der Waals surface area contributed by atoms with Gasteiger partial charge in [-0.05, 0) is 35.9 Å². The van der Waals surface area contributed by atoms with Crippen LogP contribution in [0.15, 0.2) is 58.5 Å². The van der Waals surface area contributed by atoms with E-state index in [9.17, 15) is 14.7 Å². The Morgan fingerprint density at radius 3 is 2.58 bits per heavy atom. The lowest BCUT2D eigenvalue weighted by molar-refractivity contribution is 0.101. The molecule has 114 valence electrons. The van der Waals surface area contributed by atoms with Gasteiger partial charge in [0.15, 0.2) is 0 Å². The van der Waals surface area contributed by atoms with Crippen LogP contribution in [0.3, 0.4) is 0 Å². The van der Waals surface area contributed by atoms with Gasteiger partial charge in [0.25, 0.3) is 0 Å². The Morgan fingerprint density at radius 1 is 0.917 bits per heavy atom. The molecule has 0 fully saturated rings. The van der Waals surface area contributed by atoms with Crippen molar-refractivity contribution in [2.24, 2.45) is 4.99 Å². The van der Waals surface area contributed by atoms with Gasteiger partial charge in [0.1, 0.15) is 17.2 Å². The first-order valence-electron chi connectivity index (χ1n) is 7.47. The third-order valence-electron chi connectivity index (χ3n) is 4.42. The quantitative estimate of drug-likeness (QED) is 0.726. The van der Waals surface area contributed by atoms with Gasteiger partial charge in [-0.25, -0.2) is 4.99 Å². The van der Waals surface area contributed by atoms with Crippen molar-refractivity contribution < 1.29 is 14.7 Å². The van der Waals surface area contributed by atoms with Crippen molar-refractivity contribution in [2.45, 2.75) is 0 Å². The molecule has 2 aromatic carbocycles. The van der Waals surface area contributed by atoms with E-state index in [0.717, 1.165) is 5.56 Å². The van der Waals surface area contributed by atoms with Crippen molar-refractivity contribution in [2.75, 3.05) is 5.32 Å². The zero-order valence-electron chi connectivity index (χ0n) is 12.3. The summed E-state index contributed by atoms with van der Waals surface area (Å²) in [5, 5.41) is 13.9. The molecule has 5 heteroatoms.